The number of rotatable bonds is 5. The summed E-state index contributed by atoms with van der Waals surface area (Å²) in [6, 6.07) is 0.235. The average Bonchev–Trinajstić information content (AvgIpc) is 2.19. The highest BCUT2D eigenvalue weighted by Crippen LogP contribution is 2.21. The van der Waals surface area contributed by atoms with Gasteiger partial charge in [0.1, 0.15) is 0 Å². The van der Waals surface area contributed by atoms with E-state index in [9.17, 15) is 4.79 Å². The molecular formula is C13H25NO2. The predicted molar refractivity (Wildman–Crippen MR) is 65.3 cm³/mol. The Morgan fingerprint density at radius 2 is 2.06 bits per heavy atom. The van der Waals surface area contributed by atoms with Crippen molar-refractivity contribution in [3.8, 4) is 0 Å². The maximum Gasteiger partial charge on any atom is 0.217 e. The lowest BCUT2D eigenvalue weighted by Gasteiger charge is -2.32. The molecular weight excluding hydrogens is 202 g/mol. The van der Waals surface area contributed by atoms with Crippen LogP contribution in [0.2, 0.25) is 0 Å². The quantitative estimate of drug-likeness (QED) is 0.783. The molecule has 0 heterocycles. The van der Waals surface area contributed by atoms with Gasteiger partial charge in [0.25, 0.3) is 0 Å². The van der Waals surface area contributed by atoms with Crippen LogP contribution in [0.3, 0.4) is 0 Å². The van der Waals surface area contributed by atoms with Crippen molar-refractivity contribution in [2.24, 2.45) is 5.92 Å². The highest BCUT2D eigenvalue weighted by atomic mass is 16.5. The standard InChI is InChI=1S/C13H25NO2/c1-10(2)8-9-16-13-7-5-4-6-12(13)14-11(3)15/h10,12-13H,4-9H2,1-3H3,(H,14,15)/t12-,13-/m0/s1. The second-order valence-corrected chi connectivity index (χ2v) is 5.18. The van der Waals surface area contributed by atoms with Gasteiger partial charge in [0.05, 0.1) is 12.1 Å². The molecule has 16 heavy (non-hydrogen) atoms. The van der Waals surface area contributed by atoms with Crippen molar-refractivity contribution < 1.29 is 9.53 Å². The van der Waals surface area contributed by atoms with E-state index in [0.29, 0.717) is 5.92 Å². The molecule has 1 saturated carbocycles. The number of hydrogen-bond donors (Lipinski definition) is 1. The smallest absolute Gasteiger partial charge is 0.217 e. The SMILES string of the molecule is CC(=O)N[C@H]1CCCC[C@@H]1OCCC(C)C. The monoisotopic (exact) mass is 227 g/mol. The minimum Gasteiger partial charge on any atom is -0.376 e. The fourth-order valence-electron chi connectivity index (χ4n) is 2.18. The van der Waals surface area contributed by atoms with Crippen LogP contribution in [0, 0.1) is 5.92 Å². The summed E-state index contributed by atoms with van der Waals surface area (Å²) in [7, 11) is 0. The van der Waals surface area contributed by atoms with E-state index < -0.39 is 0 Å². The van der Waals surface area contributed by atoms with Crippen LogP contribution in [0.15, 0.2) is 0 Å². The van der Waals surface area contributed by atoms with Gasteiger partial charge in [0.15, 0.2) is 0 Å². The summed E-state index contributed by atoms with van der Waals surface area (Å²) in [6.07, 6.45) is 5.91. The first kappa shape index (κ1) is 13.5. The second-order valence-electron chi connectivity index (χ2n) is 5.18. The van der Waals surface area contributed by atoms with Crippen LogP contribution in [-0.2, 0) is 9.53 Å². The highest BCUT2D eigenvalue weighted by molar-refractivity contribution is 5.73. The lowest BCUT2D eigenvalue weighted by Crippen LogP contribution is -2.45. The second kappa shape index (κ2) is 6.89. The molecule has 1 rings (SSSR count). The van der Waals surface area contributed by atoms with Crippen molar-refractivity contribution in [3.05, 3.63) is 0 Å². The largest absolute Gasteiger partial charge is 0.376 e. The van der Waals surface area contributed by atoms with E-state index in [4.69, 9.17) is 4.74 Å². The van der Waals surface area contributed by atoms with E-state index in [1.54, 1.807) is 6.92 Å². The molecule has 1 N–H and O–H groups in total. The molecule has 2 atom stereocenters. The van der Waals surface area contributed by atoms with Crippen molar-refractivity contribution in [2.75, 3.05) is 6.61 Å². The Hall–Kier alpha value is -0.570. The van der Waals surface area contributed by atoms with Crippen molar-refractivity contribution in [1.82, 2.24) is 5.32 Å². The van der Waals surface area contributed by atoms with Gasteiger partial charge in [-0.3, -0.25) is 4.79 Å². The molecule has 0 aromatic carbocycles. The van der Waals surface area contributed by atoms with Crippen LogP contribution in [0.5, 0.6) is 0 Å². The Kier molecular flexibility index (Phi) is 5.81. The summed E-state index contributed by atoms with van der Waals surface area (Å²) in [4.78, 5) is 11.1. The Labute approximate surface area is 98.9 Å². The van der Waals surface area contributed by atoms with Gasteiger partial charge in [0, 0.05) is 13.5 Å². The predicted octanol–water partition coefficient (Wildman–Crippen LogP) is 2.50. The van der Waals surface area contributed by atoms with Crippen LogP contribution in [0.25, 0.3) is 0 Å². The van der Waals surface area contributed by atoms with Crippen LogP contribution in [0.4, 0.5) is 0 Å². The molecule has 0 aromatic rings. The summed E-state index contributed by atoms with van der Waals surface area (Å²) in [5.74, 6) is 0.743. The summed E-state index contributed by atoms with van der Waals surface area (Å²) in [5, 5.41) is 3.01. The third kappa shape index (κ3) is 4.97. The first-order chi connectivity index (χ1) is 7.59. The number of carbonyl (C=O) groups is 1. The molecule has 0 aliphatic heterocycles. The van der Waals surface area contributed by atoms with E-state index in [1.165, 1.54) is 12.8 Å². The summed E-state index contributed by atoms with van der Waals surface area (Å²) < 4.78 is 5.89. The lowest BCUT2D eigenvalue weighted by atomic mass is 9.92. The molecule has 94 valence electrons. The summed E-state index contributed by atoms with van der Waals surface area (Å²) in [6.45, 7) is 6.81. The van der Waals surface area contributed by atoms with Crippen LogP contribution >= 0.6 is 0 Å². The maximum atomic E-state index is 11.1. The maximum absolute atomic E-state index is 11.1. The molecule has 3 nitrogen and oxygen atoms in total. The summed E-state index contributed by atoms with van der Waals surface area (Å²) in [5.41, 5.74) is 0. The highest BCUT2D eigenvalue weighted by Gasteiger charge is 2.26. The Morgan fingerprint density at radius 3 is 2.69 bits per heavy atom. The first-order valence-corrected chi connectivity index (χ1v) is 6.48. The fourth-order valence-corrected chi connectivity index (χ4v) is 2.18. The zero-order chi connectivity index (χ0) is 12.0. The Morgan fingerprint density at radius 1 is 1.38 bits per heavy atom. The van der Waals surface area contributed by atoms with Crippen molar-refractivity contribution in [1.29, 1.82) is 0 Å². The molecule has 0 radical (unpaired) electrons. The lowest BCUT2D eigenvalue weighted by molar-refractivity contribution is -0.121. The third-order valence-corrected chi connectivity index (χ3v) is 3.12. The van der Waals surface area contributed by atoms with Crippen LogP contribution in [0.1, 0.15) is 52.9 Å². The van der Waals surface area contributed by atoms with E-state index >= 15 is 0 Å². The number of ether oxygens (including phenoxy) is 1. The average molecular weight is 227 g/mol. The zero-order valence-electron chi connectivity index (χ0n) is 10.8. The molecule has 1 aliphatic carbocycles. The Bertz CT molecular complexity index is 216. The van der Waals surface area contributed by atoms with E-state index in [2.05, 4.69) is 19.2 Å². The van der Waals surface area contributed by atoms with E-state index in [-0.39, 0.29) is 18.1 Å². The van der Waals surface area contributed by atoms with E-state index in [0.717, 1.165) is 25.9 Å². The van der Waals surface area contributed by atoms with Gasteiger partial charge in [-0.25, -0.2) is 0 Å². The van der Waals surface area contributed by atoms with Gasteiger partial charge in [-0.05, 0) is 25.2 Å². The summed E-state index contributed by atoms with van der Waals surface area (Å²) >= 11 is 0. The number of carbonyl (C=O) groups excluding carboxylic acids is 1. The number of nitrogens with one attached hydrogen (secondary N) is 1. The number of amides is 1. The minimum absolute atomic E-state index is 0.0596. The van der Waals surface area contributed by atoms with Crippen molar-refractivity contribution >= 4 is 5.91 Å². The molecule has 3 heteroatoms. The zero-order valence-corrected chi connectivity index (χ0v) is 10.8. The molecule has 1 amide bonds. The van der Waals surface area contributed by atoms with Gasteiger partial charge in [-0.2, -0.15) is 0 Å². The van der Waals surface area contributed by atoms with Crippen LogP contribution < -0.4 is 5.32 Å². The Balaban J connectivity index is 2.31. The van der Waals surface area contributed by atoms with Gasteiger partial charge >= 0.3 is 0 Å². The van der Waals surface area contributed by atoms with Gasteiger partial charge in [-0.1, -0.05) is 26.7 Å². The van der Waals surface area contributed by atoms with Crippen molar-refractivity contribution in [2.45, 2.75) is 65.0 Å². The molecule has 0 saturated heterocycles. The van der Waals surface area contributed by atoms with E-state index in [1.807, 2.05) is 0 Å². The molecule has 1 fully saturated rings. The van der Waals surface area contributed by atoms with Gasteiger partial charge in [0.2, 0.25) is 5.91 Å². The first-order valence-electron chi connectivity index (χ1n) is 6.48. The molecule has 0 spiro atoms. The number of hydrogen-bond acceptors (Lipinski definition) is 2. The van der Waals surface area contributed by atoms with Crippen LogP contribution in [-0.4, -0.2) is 24.7 Å². The normalized spacial score (nSPS) is 25.8. The fraction of sp³-hybridized carbons (Fsp3) is 0.923. The van der Waals surface area contributed by atoms with Crippen molar-refractivity contribution in [3.63, 3.8) is 0 Å². The van der Waals surface area contributed by atoms with Gasteiger partial charge in [-0.15, -0.1) is 0 Å². The topological polar surface area (TPSA) is 38.3 Å². The molecule has 0 bridgehead atoms. The van der Waals surface area contributed by atoms with Gasteiger partial charge < -0.3 is 10.1 Å². The molecule has 1 aliphatic rings. The minimum atomic E-state index is 0.0596. The third-order valence-electron chi connectivity index (χ3n) is 3.12. The molecule has 0 unspecified atom stereocenters. The molecule has 0 aromatic heterocycles.